The normalized spacial score (nSPS) is 10.8. The molecule has 0 saturated carbocycles. The molecule has 8 heteroatoms. The van der Waals surface area contributed by atoms with Crippen LogP contribution in [0.5, 0.6) is 0 Å². The minimum Gasteiger partial charge on any atom is -0.321 e. The highest BCUT2D eigenvalue weighted by Gasteiger charge is 2.10. The number of imidazole rings is 1. The molecule has 8 nitrogen and oxygen atoms in total. The van der Waals surface area contributed by atoms with E-state index in [9.17, 15) is 9.59 Å². The lowest BCUT2D eigenvalue weighted by Crippen LogP contribution is -2.23. The summed E-state index contributed by atoms with van der Waals surface area (Å²) < 4.78 is 2.96. The van der Waals surface area contributed by atoms with Crippen LogP contribution in [-0.4, -0.2) is 30.1 Å². The lowest BCUT2D eigenvalue weighted by atomic mass is 10.1. The van der Waals surface area contributed by atoms with Gasteiger partial charge in [0.25, 0.3) is 11.5 Å². The van der Waals surface area contributed by atoms with Crippen LogP contribution in [0.1, 0.15) is 10.5 Å². The van der Waals surface area contributed by atoms with Gasteiger partial charge in [-0.15, -0.1) is 0 Å². The Hall–Kier alpha value is -3.81. The average molecular weight is 346 g/mol. The van der Waals surface area contributed by atoms with Crippen LogP contribution in [0.25, 0.3) is 17.0 Å². The maximum Gasteiger partial charge on any atom is 0.276 e. The molecule has 3 aromatic heterocycles. The molecule has 0 spiro atoms. The number of nitrogens with one attached hydrogen (secondary N) is 1. The summed E-state index contributed by atoms with van der Waals surface area (Å²) in [5.41, 5.74) is 2.22. The standard InChI is InChI=1S/C18H14N6O2/c1-23-16(25)8-7-14(22-23)17(26)20-13-5-3-12(4-6-13)15-11-24-10-2-9-19-18(24)21-15/h2-11H,1H3,(H,20,26). The van der Waals surface area contributed by atoms with Gasteiger partial charge in [-0.1, -0.05) is 12.1 Å². The Balaban J connectivity index is 1.54. The Bertz CT molecular complexity index is 1130. The lowest BCUT2D eigenvalue weighted by molar-refractivity contribution is 0.102. The number of carbonyl (C=O) groups is 1. The van der Waals surface area contributed by atoms with E-state index in [-0.39, 0.29) is 17.2 Å². The van der Waals surface area contributed by atoms with Gasteiger partial charge in [-0.25, -0.2) is 14.6 Å². The average Bonchev–Trinajstić information content (AvgIpc) is 3.08. The fraction of sp³-hybridized carbons (Fsp3) is 0.0556. The highest BCUT2D eigenvalue weighted by Crippen LogP contribution is 2.21. The van der Waals surface area contributed by atoms with Crippen molar-refractivity contribution >= 4 is 17.4 Å². The molecule has 1 N–H and O–H groups in total. The molecule has 0 aliphatic carbocycles. The van der Waals surface area contributed by atoms with Crippen molar-refractivity contribution in [1.29, 1.82) is 0 Å². The SMILES string of the molecule is Cn1nc(C(=O)Nc2ccc(-c3cn4cccnc4n3)cc2)ccc1=O. The molecule has 1 aromatic carbocycles. The molecule has 4 aromatic rings. The summed E-state index contributed by atoms with van der Waals surface area (Å²) in [7, 11) is 1.50. The number of rotatable bonds is 3. The molecule has 26 heavy (non-hydrogen) atoms. The van der Waals surface area contributed by atoms with Crippen LogP contribution in [0.2, 0.25) is 0 Å². The van der Waals surface area contributed by atoms with E-state index in [1.807, 2.05) is 35.0 Å². The first-order valence-corrected chi connectivity index (χ1v) is 7.86. The van der Waals surface area contributed by atoms with E-state index >= 15 is 0 Å². The Kier molecular flexibility index (Phi) is 3.77. The van der Waals surface area contributed by atoms with E-state index in [1.165, 1.54) is 19.2 Å². The monoisotopic (exact) mass is 346 g/mol. The highest BCUT2D eigenvalue weighted by atomic mass is 16.2. The molecule has 4 rings (SSSR count). The van der Waals surface area contributed by atoms with Crippen molar-refractivity contribution in [2.45, 2.75) is 0 Å². The first-order valence-electron chi connectivity index (χ1n) is 7.86. The van der Waals surface area contributed by atoms with Gasteiger partial charge in [-0.2, -0.15) is 5.10 Å². The van der Waals surface area contributed by atoms with Crippen molar-refractivity contribution in [3.05, 3.63) is 77.1 Å². The van der Waals surface area contributed by atoms with Crippen LogP contribution in [0.4, 0.5) is 5.69 Å². The number of hydrogen-bond donors (Lipinski definition) is 1. The number of anilines is 1. The fourth-order valence-corrected chi connectivity index (χ4v) is 2.51. The van der Waals surface area contributed by atoms with Crippen LogP contribution in [0.3, 0.4) is 0 Å². The summed E-state index contributed by atoms with van der Waals surface area (Å²) in [6, 6.07) is 11.8. The van der Waals surface area contributed by atoms with E-state index < -0.39 is 0 Å². The van der Waals surface area contributed by atoms with Gasteiger partial charge in [0, 0.05) is 43.0 Å². The minimum absolute atomic E-state index is 0.169. The van der Waals surface area contributed by atoms with Crippen molar-refractivity contribution in [1.82, 2.24) is 24.1 Å². The number of benzene rings is 1. The first-order chi connectivity index (χ1) is 12.6. The quantitative estimate of drug-likeness (QED) is 0.610. The van der Waals surface area contributed by atoms with Gasteiger partial charge in [-0.05, 0) is 24.3 Å². The molecule has 0 saturated heterocycles. The van der Waals surface area contributed by atoms with Crippen LogP contribution in [-0.2, 0) is 7.05 Å². The molecule has 0 unspecified atom stereocenters. The van der Waals surface area contributed by atoms with E-state index in [1.54, 1.807) is 18.3 Å². The zero-order valence-corrected chi connectivity index (χ0v) is 13.8. The summed E-state index contributed by atoms with van der Waals surface area (Å²) in [6.45, 7) is 0. The van der Waals surface area contributed by atoms with Crippen LogP contribution >= 0.6 is 0 Å². The van der Waals surface area contributed by atoms with Crippen LogP contribution in [0, 0.1) is 0 Å². The number of amides is 1. The molecule has 1 amide bonds. The van der Waals surface area contributed by atoms with Crippen molar-refractivity contribution in [2.75, 3.05) is 5.32 Å². The largest absolute Gasteiger partial charge is 0.321 e. The maximum atomic E-state index is 12.2. The number of nitrogens with zero attached hydrogens (tertiary/aromatic N) is 5. The molecular weight excluding hydrogens is 332 g/mol. The number of fused-ring (bicyclic) bond motifs is 1. The molecule has 0 aliphatic rings. The summed E-state index contributed by atoms with van der Waals surface area (Å²) in [5.74, 6) is 0.242. The Morgan fingerprint density at radius 3 is 2.65 bits per heavy atom. The summed E-state index contributed by atoms with van der Waals surface area (Å²) >= 11 is 0. The van der Waals surface area contributed by atoms with Crippen molar-refractivity contribution in [3.63, 3.8) is 0 Å². The molecule has 0 radical (unpaired) electrons. The van der Waals surface area contributed by atoms with Crippen LogP contribution < -0.4 is 10.9 Å². The van der Waals surface area contributed by atoms with E-state index in [0.29, 0.717) is 11.5 Å². The molecule has 128 valence electrons. The van der Waals surface area contributed by atoms with Gasteiger partial charge in [0.05, 0.1) is 5.69 Å². The predicted molar refractivity (Wildman–Crippen MR) is 95.9 cm³/mol. The topological polar surface area (TPSA) is 94.2 Å². The van der Waals surface area contributed by atoms with Crippen molar-refractivity contribution in [2.24, 2.45) is 7.05 Å². The van der Waals surface area contributed by atoms with Crippen molar-refractivity contribution < 1.29 is 4.79 Å². The van der Waals surface area contributed by atoms with Crippen LogP contribution in [0.15, 0.2) is 65.8 Å². The third-order valence-corrected chi connectivity index (χ3v) is 3.87. The molecule has 0 aliphatic heterocycles. The lowest BCUT2D eigenvalue weighted by Gasteiger charge is -2.06. The zero-order chi connectivity index (χ0) is 18.1. The van der Waals surface area contributed by atoms with Crippen molar-refractivity contribution in [3.8, 4) is 11.3 Å². The number of carbonyl (C=O) groups excluding carboxylic acids is 1. The predicted octanol–water partition coefficient (Wildman–Crippen LogP) is 1.74. The fourth-order valence-electron chi connectivity index (χ4n) is 2.51. The van der Waals surface area contributed by atoms with E-state index in [2.05, 4.69) is 20.4 Å². The maximum absolute atomic E-state index is 12.2. The van der Waals surface area contributed by atoms with Gasteiger partial charge in [0.1, 0.15) is 5.69 Å². The highest BCUT2D eigenvalue weighted by molar-refractivity contribution is 6.02. The van der Waals surface area contributed by atoms with E-state index in [0.717, 1.165) is 15.9 Å². The van der Waals surface area contributed by atoms with Gasteiger partial charge >= 0.3 is 0 Å². The number of aryl methyl sites for hydroxylation is 1. The third kappa shape index (κ3) is 2.95. The third-order valence-electron chi connectivity index (χ3n) is 3.87. The van der Waals surface area contributed by atoms with E-state index in [4.69, 9.17) is 0 Å². The summed E-state index contributed by atoms with van der Waals surface area (Å²) in [5, 5.41) is 6.69. The molecule has 0 fully saturated rings. The first kappa shape index (κ1) is 15.7. The number of aromatic nitrogens is 5. The Morgan fingerprint density at radius 2 is 1.92 bits per heavy atom. The molecule has 0 bridgehead atoms. The molecular formula is C18H14N6O2. The summed E-state index contributed by atoms with van der Waals surface area (Å²) in [6.07, 6.45) is 5.47. The minimum atomic E-state index is -0.384. The van der Waals surface area contributed by atoms with Gasteiger partial charge in [-0.3, -0.25) is 14.0 Å². The zero-order valence-electron chi connectivity index (χ0n) is 13.8. The molecule has 3 heterocycles. The Morgan fingerprint density at radius 1 is 1.12 bits per heavy atom. The number of hydrogen-bond acceptors (Lipinski definition) is 5. The second-order valence-corrected chi connectivity index (χ2v) is 5.66. The van der Waals surface area contributed by atoms with Gasteiger partial charge < -0.3 is 5.32 Å². The second kappa shape index (κ2) is 6.25. The van der Waals surface area contributed by atoms with Gasteiger partial charge in [0.2, 0.25) is 5.78 Å². The smallest absolute Gasteiger partial charge is 0.276 e. The Labute approximate surface area is 147 Å². The summed E-state index contributed by atoms with van der Waals surface area (Å²) in [4.78, 5) is 32.2. The molecule has 0 atom stereocenters. The van der Waals surface area contributed by atoms with Gasteiger partial charge in [0.15, 0.2) is 0 Å². The second-order valence-electron chi connectivity index (χ2n) is 5.66.